The molecule has 2 N–H and O–H groups in total. The van der Waals surface area contributed by atoms with Gasteiger partial charge >= 0.3 is 0 Å². The van der Waals surface area contributed by atoms with Crippen molar-refractivity contribution in [3.05, 3.63) is 104 Å². The van der Waals surface area contributed by atoms with Gasteiger partial charge in [0.25, 0.3) is 5.91 Å². The lowest BCUT2D eigenvalue weighted by molar-refractivity contribution is -0.116. The number of aryl methyl sites for hydroxylation is 1. The van der Waals surface area contributed by atoms with Gasteiger partial charge in [0.15, 0.2) is 5.78 Å². The summed E-state index contributed by atoms with van der Waals surface area (Å²) in [4.78, 5) is 31.4. The van der Waals surface area contributed by atoms with Gasteiger partial charge in [-0.3, -0.25) is 9.59 Å². The molecule has 1 aromatic heterocycles. The molecular weight excluding hydrogens is 558 g/mol. The average molecular weight is 589 g/mol. The minimum atomic E-state index is -0.535. The van der Waals surface area contributed by atoms with Crippen molar-refractivity contribution in [3.8, 4) is 11.5 Å². The van der Waals surface area contributed by atoms with Gasteiger partial charge in [-0.15, -0.1) is 0 Å². The number of methoxy groups -OCH3 is 1. The topological polar surface area (TPSA) is 89.5 Å². The van der Waals surface area contributed by atoms with Gasteiger partial charge in [0.2, 0.25) is 0 Å². The second kappa shape index (κ2) is 11.5. The van der Waals surface area contributed by atoms with Crippen molar-refractivity contribution in [1.82, 2.24) is 10.3 Å². The van der Waals surface area contributed by atoms with E-state index in [0.717, 1.165) is 45.4 Å². The Hall–Kier alpha value is -3.91. The van der Waals surface area contributed by atoms with E-state index in [-0.39, 0.29) is 18.3 Å². The molecule has 0 saturated carbocycles. The number of carbonyl (C=O) groups excluding carboxylic acids is 2. The van der Waals surface area contributed by atoms with Crippen LogP contribution in [0.15, 0.2) is 87.8 Å². The summed E-state index contributed by atoms with van der Waals surface area (Å²) in [5.74, 6) is 1.05. The number of carbonyl (C=O) groups is 2. The van der Waals surface area contributed by atoms with Crippen molar-refractivity contribution < 1.29 is 19.1 Å². The number of ketones is 1. The molecule has 200 valence electrons. The van der Waals surface area contributed by atoms with Crippen LogP contribution >= 0.6 is 15.9 Å². The van der Waals surface area contributed by atoms with Gasteiger partial charge in [0, 0.05) is 46.6 Å². The first-order valence-electron chi connectivity index (χ1n) is 12.9. The zero-order valence-corrected chi connectivity index (χ0v) is 23.7. The highest BCUT2D eigenvalue weighted by molar-refractivity contribution is 9.10. The Morgan fingerprint density at radius 2 is 1.92 bits per heavy atom. The molecule has 0 saturated heterocycles. The minimum absolute atomic E-state index is 0.0573. The van der Waals surface area contributed by atoms with E-state index in [1.807, 2.05) is 62.4 Å². The number of allylic oxidation sites excluding steroid dienone is 3. The molecule has 0 spiro atoms. The number of amides is 1. The summed E-state index contributed by atoms with van der Waals surface area (Å²) < 4.78 is 12.6. The Morgan fingerprint density at radius 3 is 2.67 bits per heavy atom. The fourth-order valence-electron chi connectivity index (χ4n) is 5.15. The lowest BCUT2D eigenvalue weighted by atomic mass is 9.74. The number of aromatic nitrogens is 1. The monoisotopic (exact) mass is 587 g/mol. The van der Waals surface area contributed by atoms with E-state index in [4.69, 9.17) is 9.47 Å². The summed E-state index contributed by atoms with van der Waals surface area (Å²) >= 11 is 3.53. The fraction of sp³-hybridized carbons (Fsp3) is 0.258. The van der Waals surface area contributed by atoms with Crippen molar-refractivity contribution in [1.29, 1.82) is 0 Å². The van der Waals surface area contributed by atoms with Gasteiger partial charge in [-0.25, -0.2) is 4.98 Å². The summed E-state index contributed by atoms with van der Waals surface area (Å²) in [6.07, 6.45) is 3.71. The number of para-hydroxylation sites is 1. The molecule has 0 fully saturated rings. The molecule has 1 aliphatic heterocycles. The number of rotatable bonds is 7. The largest absolute Gasteiger partial charge is 0.496 e. The zero-order valence-electron chi connectivity index (χ0n) is 22.1. The van der Waals surface area contributed by atoms with E-state index in [1.165, 1.54) is 0 Å². The third-order valence-corrected chi connectivity index (χ3v) is 7.69. The number of nitrogens with one attached hydrogen (secondary N) is 2. The van der Waals surface area contributed by atoms with Crippen LogP contribution in [0.4, 0.5) is 5.82 Å². The first kappa shape index (κ1) is 26.7. The van der Waals surface area contributed by atoms with Crippen molar-refractivity contribution in [2.45, 2.75) is 45.6 Å². The average Bonchev–Trinajstić information content (AvgIpc) is 2.93. The summed E-state index contributed by atoms with van der Waals surface area (Å²) in [5, 5.41) is 6.30. The van der Waals surface area contributed by atoms with Crippen LogP contribution in [-0.4, -0.2) is 23.8 Å². The number of pyridine rings is 1. The van der Waals surface area contributed by atoms with Crippen molar-refractivity contribution in [3.63, 3.8) is 0 Å². The summed E-state index contributed by atoms with van der Waals surface area (Å²) in [5.41, 5.74) is 5.39. The standard InChI is InChI=1S/C31H30BrN3O4/c1-18-11-14-27(33-16-18)35-31(37)28-19(2)34-23-8-6-9-24(36)30(23)29(28)20-12-13-25(38-3)21(15-20)17-39-26-10-5-4-7-22(26)32/h4-5,7,10-16,29,34H,6,8-9,17H2,1-3H3,(H,33,35,37)/t29-/m0/s1. The Labute approximate surface area is 236 Å². The maximum absolute atomic E-state index is 13.7. The number of nitrogens with zero attached hydrogens (tertiary/aromatic N) is 1. The van der Waals surface area contributed by atoms with E-state index < -0.39 is 5.92 Å². The quantitative estimate of drug-likeness (QED) is 0.335. The summed E-state index contributed by atoms with van der Waals surface area (Å²) in [6.45, 7) is 4.08. The number of dihydropyridines is 1. The Bertz CT molecular complexity index is 1490. The van der Waals surface area contributed by atoms with Crippen LogP contribution in [0, 0.1) is 6.92 Å². The molecule has 0 radical (unpaired) electrons. The van der Waals surface area contributed by atoms with E-state index in [0.29, 0.717) is 34.9 Å². The third-order valence-electron chi connectivity index (χ3n) is 7.03. The number of hydrogen-bond acceptors (Lipinski definition) is 6. The molecule has 39 heavy (non-hydrogen) atoms. The molecule has 8 heteroatoms. The smallest absolute Gasteiger partial charge is 0.255 e. The number of benzene rings is 2. The normalized spacial score (nSPS) is 16.9. The van der Waals surface area contributed by atoms with Crippen LogP contribution in [-0.2, 0) is 16.2 Å². The van der Waals surface area contributed by atoms with Crippen LogP contribution in [0.5, 0.6) is 11.5 Å². The molecule has 0 bridgehead atoms. The number of ether oxygens (including phenoxy) is 2. The minimum Gasteiger partial charge on any atom is -0.496 e. The Kier molecular flexibility index (Phi) is 7.84. The van der Waals surface area contributed by atoms with Crippen LogP contribution in [0.1, 0.15) is 48.8 Å². The van der Waals surface area contributed by atoms with Crippen LogP contribution in [0.2, 0.25) is 0 Å². The third kappa shape index (κ3) is 5.61. The van der Waals surface area contributed by atoms with E-state index in [2.05, 4.69) is 31.5 Å². The highest BCUT2D eigenvalue weighted by Gasteiger charge is 2.38. The van der Waals surface area contributed by atoms with E-state index in [1.54, 1.807) is 19.4 Å². The molecule has 7 nitrogen and oxygen atoms in total. The molecule has 1 aliphatic carbocycles. The van der Waals surface area contributed by atoms with Crippen LogP contribution in [0.3, 0.4) is 0 Å². The number of anilines is 1. The van der Waals surface area contributed by atoms with E-state index in [9.17, 15) is 9.59 Å². The fourth-order valence-corrected chi connectivity index (χ4v) is 5.55. The van der Waals surface area contributed by atoms with Crippen molar-refractivity contribution in [2.24, 2.45) is 0 Å². The molecule has 5 rings (SSSR count). The molecule has 2 aliphatic rings. The molecule has 0 unspecified atom stereocenters. The summed E-state index contributed by atoms with van der Waals surface area (Å²) in [7, 11) is 1.62. The van der Waals surface area contributed by atoms with E-state index >= 15 is 0 Å². The number of halogens is 1. The maximum Gasteiger partial charge on any atom is 0.255 e. The highest BCUT2D eigenvalue weighted by atomic mass is 79.9. The number of hydrogen-bond donors (Lipinski definition) is 2. The van der Waals surface area contributed by atoms with Crippen molar-refractivity contribution >= 4 is 33.4 Å². The predicted octanol–water partition coefficient (Wildman–Crippen LogP) is 6.35. The molecule has 2 heterocycles. The molecule has 1 amide bonds. The Balaban J connectivity index is 1.55. The van der Waals surface area contributed by atoms with Crippen LogP contribution in [0.25, 0.3) is 0 Å². The highest BCUT2D eigenvalue weighted by Crippen LogP contribution is 2.43. The molecular formula is C31H30BrN3O4. The predicted molar refractivity (Wildman–Crippen MR) is 154 cm³/mol. The number of Topliss-reactive ketones (excluding diaryl/α,β-unsaturated/α-hetero) is 1. The zero-order chi connectivity index (χ0) is 27.5. The molecule has 1 atom stereocenters. The van der Waals surface area contributed by atoms with Gasteiger partial charge in [0.1, 0.15) is 23.9 Å². The molecule has 3 aromatic rings. The van der Waals surface area contributed by atoms with Gasteiger partial charge in [-0.05, 0) is 84.1 Å². The van der Waals surface area contributed by atoms with Crippen LogP contribution < -0.4 is 20.1 Å². The molecule has 2 aromatic carbocycles. The van der Waals surface area contributed by atoms with Gasteiger partial charge in [-0.1, -0.05) is 24.3 Å². The first-order valence-corrected chi connectivity index (χ1v) is 13.7. The van der Waals surface area contributed by atoms with Gasteiger partial charge in [0.05, 0.1) is 11.6 Å². The lowest BCUT2D eigenvalue weighted by Gasteiger charge is -2.34. The second-order valence-electron chi connectivity index (χ2n) is 9.73. The summed E-state index contributed by atoms with van der Waals surface area (Å²) in [6, 6.07) is 17.1. The second-order valence-corrected chi connectivity index (χ2v) is 10.6. The van der Waals surface area contributed by atoms with Gasteiger partial charge < -0.3 is 20.1 Å². The Morgan fingerprint density at radius 1 is 1.10 bits per heavy atom. The lowest BCUT2D eigenvalue weighted by Crippen LogP contribution is -2.35. The maximum atomic E-state index is 13.7. The first-order chi connectivity index (χ1) is 18.9. The van der Waals surface area contributed by atoms with Crippen molar-refractivity contribution in [2.75, 3.05) is 12.4 Å². The SMILES string of the molecule is COc1ccc([C@H]2C(C(=O)Nc3ccc(C)cn3)=C(C)NC3=C2C(=O)CCC3)cc1COc1ccccc1Br. The van der Waals surface area contributed by atoms with Gasteiger partial charge in [-0.2, -0.15) is 0 Å².